The van der Waals surface area contributed by atoms with Crippen LogP contribution < -0.4 is 10.1 Å². The molecule has 1 aliphatic rings. The number of rotatable bonds is 5. The Balaban J connectivity index is 1.87. The summed E-state index contributed by atoms with van der Waals surface area (Å²) in [7, 11) is 1.65. The first-order valence-electron chi connectivity index (χ1n) is 6.76. The van der Waals surface area contributed by atoms with Crippen LogP contribution in [0.1, 0.15) is 25.3 Å². The Labute approximate surface area is 109 Å². The first kappa shape index (κ1) is 13.3. The Kier molecular flexibility index (Phi) is 4.96. The van der Waals surface area contributed by atoms with E-state index in [2.05, 4.69) is 28.2 Å². The van der Waals surface area contributed by atoms with Crippen LogP contribution in [0.2, 0.25) is 0 Å². The van der Waals surface area contributed by atoms with Crippen molar-refractivity contribution in [2.75, 3.05) is 26.7 Å². The summed E-state index contributed by atoms with van der Waals surface area (Å²) in [6.45, 7) is 6.58. The Hall–Kier alpha value is -1.13. The van der Waals surface area contributed by atoms with Crippen molar-refractivity contribution in [1.82, 2.24) is 15.2 Å². The van der Waals surface area contributed by atoms with Crippen molar-refractivity contribution in [2.24, 2.45) is 0 Å². The highest BCUT2D eigenvalue weighted by atomic mass is 16.5. The van der Waals surface area contributed by atoms with E-state index >= 15 is 0 Å². The number of hydrogen-bond acceptors (Lipinski definition) is 4. The predicted molar refractivity (Wildman–Crippen MR) is 72.8 cm³/mol. The zero-order valence-corrected chi connectivity index (χ0v) is 11.4. The van der Waals surface area contributed by atoms with Gasteiger partial charge in [0.2, 0.25) is 5.88 Å². The fourth-order valence-electron chi connectivity index (χ4n) is 2.46. The number of nitrogens with one attached hydrogen (secondary N) is 1. The molecule has 4 heteroatoms. The molecule has 0 aromatic carbocycles. The molecule has 0 spiro atoms. The lowest BCUT2D eigenvalue weighted by atomic mass is 10.1. The van der Waals surface area contributed by atoms with Crippen LogP contribution in [0.5, 0.6) is 5.88 Å². The molecule has 1 atom stereocenters. The van der Waals surface area contributed by atoms with Crippen LogP contribution in [0.25, 0.3) is 0 Å². The van der Waals surface area contributed by atoms with E-state index in [9.17, 15) is 0 Å². The van der Waals surface area contributed by atoms with Crippen molar-refractivity contribution in [1.29, 1.82) is 0 Å². The van der Waals surface area contributed by atoms with E-state index in [0.717, 1.165) is 26.2 Å². The highest BCUT2D eigenvalue weighted by molar-refractivity contribution is 5.17. The highest BCUT2D eigenvalue weighted by Gasteiger charge is 2.18. The molecule has 1 fully saturated rings. The van der Waals surface area contributed by atoms with Crippen molar-refractivity contribution in [3.8, 4) is 5.88 Å². The number of nitrogens with zero attached hydrogens (tertiary/aromatic N) is 2. The number of ether oxygens (including phenoxy) is 1. The number of piperazine rings is 1. The summed E-state index contributed by atoms with van der Waals surface area (Å²) < 4.78 is 5.07. The second kappa shape index (κ2) is 6.71. The number of methoxy groups -OCH3 is 1. The van der Waals surface area contributed by atoms with Crippen LogP contribution in [-0.2, 0) is 6.54 Å². The zero-order valence-electron chi connectivity index (χ0n) is 11.4. The normalized spacial score (nSPS) is 20.9. The molecule has 0 bridgehead atoms. The van der Waals surface area contributed by atoms with E-state index in [-0.39, 0.29) is 0 Å². The summed E-state index contributed by atoms with van der Waals surface area (Å²) in [5.74, 6) is 0.683. The fraction of sp³-hybridized carbons (Fsp3) is 0.643. The summed E-state index contributed by atoms with van der Waals surface area (Å²) >= 11 is 0. The Morgan fingerprint density at radius 1 is 1.50 bits per heavy atom. The Morgan fingerprint density at radius 2 is 2.39 bits per heavy atom. The smallest absolute Gasteiger partial charge is 0.212 e. The fourth-order valence-corrected chi connectivity index (χ4v) is 2.46. The SMILES string of the molecule is CCCC1CN(Cc2ccc(OC)nc2)CCN1. The van der Waals surface area contributed by atoms with Gasteiger partial charge in [-0.15, -0.1) is 0 Å². The first-order valence-corrected chi connectivity index (χ1v) is 6.76. The van der Waals surface area contributed by atoms with Crippen molar-refractivity contribution in [3.05, 3.63) is 23.9 Å². The largest absolute Gasteiger partial charge is 0.481 e. The van der Waals surface area contributed by atoms with Crippen LogP contribution in [0.3, 0.4) is 0 Å². The van der Waals surface area contributed by atoms with Crippen LogP contribution >= 0.6 is 0 Å². The third-order valence-electron chi connectivity index (χ3n) is 3.39. The summed E-state index contributed by atoms with van der Waals surface area (Å²) in [5, 5.41) is 3.58. The van der Waals surface area contributed by atoms with Gasteiger partial charge in [0.15, 0.2) is 0 Å². The van der Waals surface area contributed by atoms with Gasteiger partial charge in [0.05, 0.1) is 7.11 Å². The molecule has 0 aliphatic carbocycles. The van der Waals surface area contributed by atoms with Gasteiger partial charge < -0.3 is 10.1 Å². The van der Waals surface area contributed by atoms with Crippen LogP contribution in [-0.4, -0.2) is 42.7 Å². The molecule has 2 rings (SSSR count). The lowest BCUT2D eigenvalue weighted by Gasteiger charge is -2.33. The topological polar surface area (TPSA) is 37.4 Å². The van der Waals surface area contributed by atoms with Gasteiger partial charge in [-0.05, 0) is 12.0 Å². The van der Waals surface area contributed by atoms with Gasteiger partial charge in [-0.3, -0.25) is 4.90 Å². The lowest BCUT2D eigenvalue weighted by molar-refractivity contribution is 0.186. The Morgan fingerprint density at radius 3 is 3.06 bits per heavy atom. The minimum absolute atomic E-state index is 0.648. The molecule has 1 unspecified atom stereocenters. The molecule has 100 valence electrons. The predicted octanol–water partition coefficient (Wildman–Crippen LogP) is 1.66. The molecule has 1 aromatic heterocycles. The summed E-state index contributed by atoms with van der Waals surface area (Å²) in [6, 6.07) is 4.68. The third kappa shape index (κ3) is 3.68. The molecular weight excluding hydrogens is 226 g/mol. The van der Waals surface area contributed by atoms with E-state index in [4.69, 9.17) is 4.74 Å². The second-order valence-corrected chi connectivity index (χ2v) is 4.88. The molecule has 1 N–H and O–H groups in total. The van der Waals surface area contributed by atoms with E-state index in [1.807, 2.05) is 12.3 Å². The highest BCUT2D eigenvalue weighted by Crippen LogP contribution is 2.12. The second-order valence-electron chi connectivity index (χ2n) is 4.88. The maximum atomic E-state index is 5.07. The van der Waals surface area contributed by atoms with Gasteiger partial charge in [-0.2, -0.15) is 0 Å². The molecular formula is C14H23N3O. The van der Waals surface area contributed by atoms with Crippen LogP contribution in [0.4, 0.5) is 0 Å². The van der Waals surface area contributed by atoms with Gasteiger partial charge in [-0.25, -0.2) is 4.98 Å². The summed E-state index contributed by atoms with van der Waals surface area (Å²) in [5.41, 5.74) is 1.26. The minimum Gasteiger partial charge on any atom is -0.481 e. The van der Waals surface area contributed by atoms with E-state index in [0.29, 0.717) is 11.9 Å². The third-order valence-corrected chi connectivity index (χ3v) is 3.39. The van der Waals surface area contributed by atoms with Gasteiger partial charge in [-0.1, -0.05) is 19.4 Å². The minimum atomic E-state index is 0.648. The zero-order chi connectivity index (χ0) is 12.8. The lowest BCUT2D eigenvalue weighted by Crippen LogP contribution is -2.50. The molecule has 2 heterocycles. The molecule has 0 amide bonds. The average Bonchev–Trinajstić information content (AvgIpc) is 2.40. The number of pyridine rings is 1. The van der Waals surface area contributed by atoms with Crippen LogP contribution in [0, 0.1) is 0 Å². The van der Waals surface area contributed by atoms with Gasteiger partial charge >= 0.3 is 0 Å². The molecule has 1 aliphatic heterocycles. The molecule has 0 radical (unpaired) electrons. The number of hydrogen-bond donors (Lipinski definition) is 1. The first-order chi connectivity index (χ1) is 8.81. The van der Waals surface area contributed by atoms with E-state index in [1.54, 1.807) is 7.11 Å². The van der Waals surface area contributed by atoms with Gasteiger partial charge in [0.25, 0.3) is 0 Å². The van der Waals surface area contributed by atoms with Crippen molar-refractivity contribution in [2.45, 2.75) is 32.4 Å². The van der Waals surface area contributed by atoms with Gasteiger partial charge in [0, 0.05) is 44.5 Å². The van der Waals surface area contributed by atoms with Crippen LogP contribution in [0.15, 0.2) is 18.3 Å². The maximum absolute atomic E-state index is 5.07. The van der Waals surface area contributed by atoms with E-state index in [1.165, 1.54) is 18.4 Å². The quantitative estimate of drug-likeness (QED) is 0.861. The Bertz CT molecular complexity index is 351. The summed E-state index contributed by atoms with van der Waals surface area (Å²) in [6.07, 6.45) is 4.42. The van der Waals surface area contributed by atoms with Gasteiger partial charge in [0.1, 0.15) is 0 Å². The molecule has 0 saturated carbocycles. The van der Waals surface area contributed by atoms with Crippen molar-refractivity contribution >= 4 is 0 Å². The molecule has 1 aromatic rings. The maximum Gasteiger partial charge on any atom is 0.212 e. The van der Waals surface area contributed by atoms with Crippen molar-refractivity contribution in [3.63, 3.8) is 0 Å². The summed E-state index contributed by atoms with van der Waals surface area (Å²) in [4.78, 5) is 6.75. The average molecular weight is 249 g/mol. The number of aromatic nitrogens is 1. The monoisotopic (exact) mass is 249 g/mol. The van der Waals surface area contributed by atoms with Crippen molar-refractivity contribution < 1.29 is 4.74 Å². The molecule has 18 heavy (non-hydrogen) atoms. The molecule has 4 nitrogen and oxygen atoms in total. The standard InChI is InChI=1S/C14H23N3O/c1-3-4-13-11-17(8-7-15-13)10-12-5-6-14(18-2)16-9-12/h5-6,9,13,15H,3-4,7-8,10-11H2,1-2H3. The molecule has 1 saturated heterocycles. The van der Waals surface area contributed by atoms with E-state index < -0.39 is 0 Å².